The van der Waals surface area contributed by atoms with Gasteiger partial charge in [-0.2, -0.15) is 0 Å². The van der Waals surface area contributed by atoms with E-state index in [0.717, 1.165) is 29.5 Å². The molecule has 0 heterocycles. The molecule has 5 nitrogen and oxygen atoms in total. The summed E-state index contributed by atoms with van der Waals surface area (Å²) in [5, 5.41) is 11.5. The van der Waals surface area contributed by atoms with Gasteiger partial charge in [-0.1, -0.05) is 110 Å². The maximum absolute atomic E-state index is 11.5. The number of hydrogen-bond acceptors (Lipinski definition) is 5. The van der Waals surface area contributed by atoms with E-state index in [2.05, 4.69) is 0 Å². The van der Waals surface area contributed by atoms with E-state index < -0.39 is 18.3 Å². The predicted octanol–water partition coefficient (Wildman–Crippen LogP) is 6.03. The summed E-state index contributed by atoms with van der Waals surface area (Å²) in [6.45, 7) is 1.56. The lowest BCUT2D eigenvalue weighted by Gasteiger charge is -2.34. The Labute approximate surface area is 227 Å². The highest BCUT2D eigenvalue weighted by Crippen LogP contribution is 2.28. The second kappa shape index (κ2) is 15.8. The van der Waals surface area contributed by atoms with Crippen LogP contribution in [0.1, 0.15) is 55.2 Å². The van der Waals surface area contributed by atoms with Crippen molar-refractivity contribution in [1.82, 2.24) is 0 Å². The fourth-order valence-corrected chi connectivity index (χ4v) is 5.28. The lowest BCUT2D eigenvalue weighted by Crippen LogP contribution is -2.47. The minimum atomic E-state index is -0.767. The molecule has 3 N–H and O–H groups in total. The molecule has 1 aliphatic rings. The first-order chi connectivity index (χ1) is 18.7. The van der Waals surface area contributed by atoms with Crippen LogP contribution in [0.5, 0.6) is 0 Å². The molecule has 1 fully saturated rings. The topological polar surface area (TPSA) is 73.9 Å². The molecule has 3 aromatic rings. The van der Waals surface area contributed by atoms with E-state index >= 15 is 0 Å². The van der Waals surface area contributed by atoms with Crippen molar-refractivity contribution in [3.63, 3.8) is 0 Å². The molecule has 1 aliphatic carbocycles. The van der Waals surface area contributed by atoms with Crippen LogP contribution >= 0.6 is 0 Å². The van der Waals surface area contributed by atoms with Crippen molar-refractivity contribution in [2.45, 2.75) is 82.7 Å². The Balaban J connectivity index is 1.48. The van der Waals surface area contributed by atoms with Crippen molar-refractivity contribution >= 4 is 0 Å². The summed E-state index contributed by atoms with van der Waals surface area (Å²) in [6, 6.07) is 30.1. The molecule has 4 atom stereocenters. The lowest BCUT2D eigenvalue weighted by molar-refractivity contribution is -0.155. The average molecular weight is 518 g/mol. The Bertz CT molecular complexity index is 1010. The third kappa shape index (κ3) is 9.33. The molecule has 1 unspecified atom stereocenters. The fraction of sp³-hybridized carbons (Fsp3) is 0.455. The van der Waals surface area contributed by atoms with Crippen molar-refractivity contribution in [2.24, 2.45) is 11.7 Å². The van der Waals surface area contributed by atoms with E-state index in [9.17, 15) is 5.11 Å². The molecule has 0 spiro atoms. The Morgan fingerprint density at radius 1 is 0.684 bits per heavy atom. The molecule has 0 radical (unpaired) electrons. The first-order valence-corrected chi connectivity index (χ1v) is 14.1. The first kappa shape index (κ1) is 28.5. The Morgan fingerprint density at radius 3 is 1.74 bits per heavy atom. The van der Waals surface area contributed by atoms with E-state index in [1.54, 1.807) is 0 Å². The van der Waals surface area contributed by atoms with E-state index in [4.69, 9.17) is 19.9 Å². The SMILES string of the molecule is NC(C[C@@H](O)[C@@H](OCc1ccccc1)[C@@H](COCc1ccccc1)OCc1ccccc1)C1CCCCC1. The molecule has 3 aromatic carbocycles. The maximum atomic E-state index is 11.5. The molecule has 38 heavy (non-hydrogen) atoms. The summed E-state index contributed by atoms with van der Waals surface area (Å²) in [5.41, 5.74) is 9.86. The summed E-state index contributed by atoms with van der Waals surface area (Å²) < 4.78 is 19.0. The summed E-state index contributed by atoms with van der Waals surface area (Å²) in [5.74, 6) is 0.450. The van der Waals surface area contributed by atoms with Crippen molar-refractivity contribution < 1.29 is 19.3 Å². The molecular formula is C33H43NO4. The molecule has 5 heteroatoms. The number of aliphatic hydroxyl groups is 1. The van der Waals surface area contributed by atoms with Gasteiger partial charge in [-0.25, -0.2) is 0 Å². The maximum Gasteiger partial charge on any atom is 0.112 e. The molecule has 1 saturated carbocycles. The van der Waals surface area contributed by atoms with E-state index in [-0.39, 0.29) is 6.04 Å². The van der Waals surface area contributed by atoms with E-state index in [1.807, 2.05) is 91.0 Å². The summed E-state index contributed by atoms with van der Waals surface area (Å²) in [4.78, 5) is 0. The molecule has 0 aliphatic heterocycles. The third-order valence-electron chi connectivity index (χ3n) is 7.50. The molecule has 0 saturated heterocycles. The first-order valence-electron chi connectivity index (χ1n) is 14.1. The molecule has 4 rings (SSSR count). The second-order valence-corrected chi connectivity index (χ2v) is 10.5. The zero-order valence-electron chi connectivity index (χ0n) is 22.4. The van der Waals surface area contributed by atoms with Crippen LogP contribution in [-0.4, -0.2) is 36.1 Å². The minimum Gasteiger partial charge on any atom is -0.390 e. The fourth-order valence-electron chi connectivity index (χ4n) is 5.28. The van der Waals surface area contributed by atoms with Crippen LogP contribution in [0.2, 0.25) is 0 Å². The largest absolute Gasteiger partial charge is 0.390 e. The van der Waals surface area contributed by atoms with Gasteiger partial charge in [0.05, 0.1) is 32.5 Å². The summed E-state index contributed by atoms with van der Waals surface area (Å²) in [6.07, 6.45) is 4.67. The molecule has 204 valence electrons. The molecular weight excluding hydrogens is 474 g/mol. The smallest absolute Gasteiger partial charge is 0.112 e. The van der Waals surface area contributed by atoms with E-state index in [0.29, 0.717) is 38.8 Å². The normalized spacial score (nSPS) is 17.5. The van der Waals surface area contributed by atoms with Crippen LogP contribution in [-0.2, 0) is 34.0 Å². The van der Waals surface area contributed by atoms with Gasteiger partial charge < -0.3 is 25.1 Å². The van der Waals surface area contributed by atoms with Gasteiger partial charge in [0.1, 0.15) is 12.2 Å². The van der Waals surface area contributed by atoms with Gasteiger partial charge in [0.2, 0.25) is 0 Å². The van der Waals surface area contributed by atoms with Gasteiger partial charge in [-0.05, 0) is 41.9 Å². The summed E-state index contributed by atoms with van der Waals surface area (Å²) >= 11 is 0. The van der Waals surface area contributed by atoms with Crippen LogP contribution in [0.25, 0.3) is 0 Å². The highest BCUT2D eigenvalue weighted by Gasteiger charge is 2.33. The number of rotatable bonds is 15. The zero-order chi connectivity index (χ0) is 26.4. The highest BCUT2D eigenvalue weighted by molar-refractivity contribution is 5.15. The monoisotopic (exact) mass is 517 g/mol. The van der Waals surface area contributed by atoms with Crippen molar-refractivity contribution in [2.75, 3.05) is 6.61 Å². The van der Waals surface area contributed by atoms with Gasteiger partial charge in [-0.3, -0.25) is 0 Å². The Morgan fingerprint density at radius 2 is 1.18 bits per heavy atom. The van der Waals surface area contributed by atoms with Crippen LogP contribution in [0.4, 0.5) is 0 Å². The number of aliphatic hydroxyl groups excluding tert-OH is 1. The lowest BCUT2D eigenvalue weighted by atomic mass is 9.81. The number of ether oxygens (including phenoxy) is 3. The predicted molar refractivity (Wildman–Crippen MR) is 151 cm³/mol. The van der Waals surface area contributed by atoms with Gasteiger partial charge in [0.15, 0.2) is 0 Å². The zero-order valence-corrected chi connectivity index (χ0v) is 22.4. The van der Waals surface area contributed by atoms with Crippen LogP contribution in [0, 0.1) is 5.92 Å². The number of hydrogen-bond donors (Lipinski definition) is 2. The van der Waals surface area contributed by atoms with Gasteiger partial charge in [0, 0.05) is 6.04 Å². The Hall–Kier alpha value is -2.54. The summed E-state index contributed by atoms with van der Waals surface area (Å²) in [7, 11) is 0. The van der Waals surface area contributed by atoms with E-state index in [1.165, 1.54) is 19.3 Å². The minimum absolute atomic E-state index is 0.0619. The average Bonchev–Trinajstić information content (AvgIpc) is 2.97. The van der Waals surface area contributed by atoms with Crippen molar-refractivity contribution in [1.29, 1.82) is 0 Å². The quantitative estimate of drug-likeness (QED) is 0.257. The van der Waals surface area contributed by atoms with Crippen LogP contribution < -0.4 is 5.73 Å². The van der Waals surface area contributed by atoms with Gasteiger partial charge in [-0.15, -0.1) is 0 Å². The van der Waals surface area contributed by atoms with Crippen molar-refractivity contribution in [3.05, 3.63) is 108 Å². The standard InChI is InChI=1S/C33H43NO4/c34-30(29-19-11-4-12-20-29)21-31(35)33(38-24-28-17-9-3-10-18-28)32(37-23-27-15-7-2-8-16-27)25-36-22-26-13-5-1-6-14-26/h1-3,5-10,13-18,29-33,35H,4,11-12,19-25,34H2/t30?,31-,32-,33-/m1/s1. The molecule has 0 aromatic heterocycles. The number of benzene rings is 3. The van der Waals surface area contributed by atoms with Gasteiger partial charge in [0.25, 0.3) is 0 Å². The van der Waals surface area contributed by atoms with Crippen LogP contribution in [0.3, 0.4) is 0 Å². The molecule has 0 bridgehead atoms. The third-order valence-corrected chi connectivity index (χ3v) is 7.50. The second-order valence-electron chi connectivity index (χ2n) is 10.5. The Kier molecular flexibility index (Phi) is 11.8. The van der Waals surface area contributed by atoms with Gasteiger partial charge >= 0.3 is 0 Å². The molecule has 0 amide bonds. The number of nitrogens with two attached hydrogens (primary N) is 1. The highest BCUT2D eigenvalue weighted by atomic mass is 16.6. The van der Waals surface area contributed by atoms with Crippen LogP contribution in [0.15, 0.2) is 91.0 Å². The van der Waals surface area contributed by atoms with Crippen molar-refractivity contribution in [3.8, 4) is 0 Å².